The Bertz CT molecular complexity index is 1290. The minimum Gasteiger partial charge on any atom is -0.460 e. The van der Waals surface area contributed by atoms with E-state index in [1.54, 1.807) is 0 Å². The third-order valence-electron chi connectivity index (χ3n) is 6.25. The summed E-state index contributed by atoms with van der Waals surface area (Å²) in [6.45, 7) is -0.419. The SMILES string of the molecule is O=C(OCCCCCCCCCCl)C(F)(F)S(=O)(=O)[OH+]S(c1ccc(F)cc1)(c1ccc(F)cc1)c1ccc(F)cc1. The molecule has 0 aliphatic carbocycles. The molecule has 3 rings (SSSR count). The van der Waals surface area contributed by atoms with Gasteiger partial charge in [0.25, 0.3) is 0 Å². The average molecular weight is 654 g/mol. The molecular formula is C29H31ClF5O5S2+. The first-order valence-electron chi connectivity index (χ1n) is 13.1. The van der Waals surface area contributed by atoms with Crippen molar-refractivity contribution in [2.45, 2.75) is 64.9 Å². The summed E-state index contributed by atoms with van der Waals surface area (Å²) < 4.78 is 107. The molecule has 0 unspecified atom stereocenters. The third kappa shape index (κ3) is 8.24. The van der Waals surface area contributed by atoms with Crippen LogP contribution in [0.5, 0.6) is 0 Å². The Balaban J connectivity index is 1.92. The van der Waals surface area contributed by atoms with E-state index in [4.69, 9.17) is 11.6 Å². The Hall–Kier alpha value is -2.67. The highest BCUT2D eigenvalue weighted by atomic mass is 35.5. The Morgan fingerprint density at radius 3 is 1.40 bits per heavy atom. The number of rotatable bonds is 16. The maximum Gasteiger partial charge on any atom is 0.514 e. The Labute approximate surface area is 248 Å². The summed E-state index contributed by atoms with van der Waals surface area (Å²) in [4.78, 5) is 12.3. The first-order chi connectivity index (χ1) is 19.9. The van der Waals surface area contributed by atoms with Crippen molar-refractivity contribution in [3.63, 3.8) is 0 Å². The molecule has 0 saturated carbocycles. The van der Waals surface area contributed by atoms with Crippen LogP contribution in [0.1, 0.15) is 44.9 Å². The monoisotopic (exact) mass is 653 g/mol. The summed E-state index contributed by atoms with van der Waals surface area (Å²) >= 11 is 5.63. The summed E-state index contributed by atoms with van der Waals surface area (Å²) in [5.41, 5.74) is 0. The van der Waals surface area contributed by atoms with Crippen LogP contribution >= 0.6 is 21.9 Å². The van der Waals surface area contributed by atoms with Crippen LogP contribution in [-0.2, 0) is 19.6 Å². The number of benzene rings is 3. The van der Waals surface area contributed by atoms with Crippen molar-refractivity contribution >= 4 is 38.0 Å². The predicted molar refractivity (Wildman–Crippen MR) is 152 cm³/mol. The number of alkyl halides is 3. The minimum absolute atomic E-state index is 0.0408. The number of carbonyl (C=O) groups excluding carboxylic acids is 1. The van der Waals surface area contributed by atoms with Gasteiger partial charge in [-0.25, -0.2) is 18.0 Å². The van der Waals surface area contributed by atoms with Gasteiger partial charge in [-0.2, -0.15) is 8.78 Å². The lowest BCUT2D eigenvalue weighted by molar-refractivity contribution is -0.161. The van der Waals surface area contributed by atoms with Gasteiger partial charge < -0.3 is 4.74 Å². The molecule has 1 N–H and O–H groups in total. The quantitative estimate of drug-likeness (QED) is 0.0387. The van der Waals surface area contributed by atoms with Gasteiger partial charge in [-0.15, -0.1) is 20.0 Å². The standard InChI is InChI=1S/C29H30ClF5O5S2/c30-20-6-4-2-1-3-5-7-21-39-28(36)29(34,35)42(37,38)40-41(25-14-8-22(31)9-15-25,26-16-10-23(32)11-17-26)27-18-12-24(33)13-19-27/h8-19H,1-7,20-21H2/p+1. The normalized spacial score (nSPS) is 12.7. The van der Waals surface area contributed by atoms with Gasteiger partial charge in [-0.05, 0) is 85.6 Å². The fourth-order valence-electron chi connectivity index (χ4n) is 4.06. The molecule has 3 aromatic carbocycles. The zero-order valence-electron chi connectivity index (χ0n) is 22.5. The molecule has 0 aliphatic rings. The molecule has 0 amide bonds. The van der Waals surface area contributed by atoms with E-state index in [0.29, 0.717) is 12.3 Å². The van der Waals surface area contributed by atoms with Crippen molar-refractivity contribution < 1.29 is 43.5 Å². The van der Waals surface area contributed by atoms with E-state index in [1.165, 1.54) is 0 Å². The summed E-state index contributed by atoms with van der Waals surface area (Å²) in [6.07, 6.45) is 5.36. The number of unbranched alkanes of at least 4 members (excludes halogenated alkanes) is 6. The van der Waals surface area contributed by atoms with E-state index in [0.717, 1.165) is 105 Å². The number of hydrogen-bond acceptors (Lipinski definition) is 4. The highest BCUT2D eigenvalue weighted by Gasteiger charge is 2.63. The van der Waals surface area contributed by atoms with Crippen molar-refractivity contribution in [1.82, 2.24) is 0 Å². The van der Waals surface area contributed by atoms with Crippen LogP contribution in [-0.4, -0.2) is 35.8 Å². The van der Waals surface area contributed by atoms with Crippen LogP contribution in [0, 0.1) is 17.5 Å². The largest absolute Gasteiger partial charge is 0.514 e. The topological polar surface area (TPSA) is 73.2 Å². The van der Waals surface area contributed by atoms with E-state index < -0.39 is 55.7 Å². The summed E-state index contributed by atoms with van der Waals surface area (Å²) in [7, 11) is -9.65. The van der Waals surface area contributed by atoms with Gasteiger partial charge in [0.05, 0.1) is 31.6 Å². The van der Waals surface area contributed by atoms with Gasteiger partial charge in [-0.1, -0.05) is 32.1 Å². The molecule has 0 fully saturated rings. The van der Waals surface area contributed by atoms with E-state index in [-0.39, 0.29) is 21.1 Å². The van der Waals surface area contributed by atoms with Crippen LogP contribution in [0.4, 0.5) is 22.0 Å². The number of carbonyl (C=O) groups is 1. The summed E-state index contributed by atoms with van der Waals surface area (Å²) in [5, 5.41) is -5.09. The van der Waals surface area contributed by atoms with Crippen LogP contribution in [0.25, 0.3) is 0 Å². The molecule has 0 radical (unpaired) electrons. The Morgan fingerprint density at radius 2 is 1.02 bits per heavy atom. The second-order valence-electron chi connectivity index (χ2n) is 9.31. The molecule has 0 spiro atoms. The first-order valence-corrected chi connectivity index (χ1v) is 16.7. The molecule has 0 aliphatic heterocycles. The number of hydrogen-bond donors (Lipinski definition) is 0. The fourth-order valence-corrected chi connectivity index (χ4v) is 9.51. The molecule has 42 heavy (non-hydrogen) atoms. The average Bonchev–Trinajstić information content (AvgIpc) is 2.96. The molecule has 230 valence electrons. The van der Waals surface area contributed by atoms with Crippen molar-refractivity contribution in [2.75, 3.05) is 12.5 Å². The lowest BCUT2D eigenvalue weighted by atomic mass is 10.1. The van der Waals surface area contributed by atoms with Crippen molar-refractivity contribution in [1.29, 1.82) is 0 Å². The molecule has 0 aromatic heterocycles. The van der Waals surface area contributed by atoms with Gasteiger partial charge in [0.15, 0.2) is 0 Å². The molecule has 0 saturated heterocycles. The minimum atomic E-state index is -5.99. The number of ether oxygens (including phenoxy) is 1. The second kappa shape index (κ2) is 15.2. The zero-order chi connectivity index (χ0) is 30.8. The molecular weight excluding hydrogens is 623 g/mol. The van der Waals surface area contributed by atoms with Gasteiger partial charge >= 0.3 is 21.3 Å². The van der Waals surface area contributed by atoms with Crippen molar-refractivity contribution in [3.05, 3.63) is 90.2 Å². The first kappa shape index (κ1) is 33.8. The molecule has 5 nitrogen and oxygen atoms in total. The number of halogens is 6. The lowest BCUT2D eigenvalue weighted by Crippen LogP contribution is -2.42. The maximum atomic E-state index is 15.3. The van der Waals surface area contributed by atoms with E-state index in [1.807, 2.05) is 0 Å². The van der Waals surface area contributed by atoms with Crippen LogP contribution in [0.2, 0.25) is 0 Å². The maximum absolute atomic E-state index is 15.3. The van der Waals surface area contributed by atoms with Crippen molar-refractivity contribution in [3.8, 4) is 0 Å². The van der Waals surface area contributed by atoms with Gasteiger partial charge in [0, 0.05) is 5.88 Å². The number of esters is 1. The van der Waals surface area contributed by atoms with Crippen LogP contribution in [0.15, 0.2) is 87.5 Å². The highest BCUT2D eigenvalue weighted by Crippen LogP contribution is 2.68. The smallest absolute Gasteiger partial charge is 0.460 e. The second-order valence-corrected chi connectivity index (χ2v) is 14.3. The zero-order valence-corrected chi connectivity index (χ0v) is 24.8. The van der Waals surface area contributed by atoms with E-state index in [9.17, 15) is 26.4 Å². The Morgan fingerprint density at radius 1 is 0.667 bits per heavy atom. The van der Waals surface area contributed by atoms with E-state index in [2.05, 4.69) is 8.37 Å². The molecule has 0 atom stereocenters. The van der Waals surface area contributed by atoms with Crippen LogP contribution in [0.3, 0.4) is 0 Å². The third-order valence-corrected chi connectivity index (χ3v) is 11.9. The van der Waals surface area contributed by atoms with Gasteiger partial charge in [0.1, 0.15) is 17.5 Å². The van der Waals surface area contributed by atoms with Gasteiger partial charge in [-0.3, -0.25) is 3.63 Å². The summed E-state index contributed by atoms with van der Waals surface area (Å²) in [5.74, 6) is -3.84. The van der Waals surface area contributed by atoms with Crippen molar-refractivity contribution in [2.24, 2.45) is 0 Å². The lowest BCUT2D eigenvalue weighted by Gasteiger charge is -2.35. The summed E-state index contributed by atoms with van der Waals surface area (Å²) in [6, 6.07) is 12.7. The molecule has 0 heterocycles. The Kier molecular flexibility index (Phi) is 12.2. The molecule has 3 aromatic rings. The fraction of sp³-hybridized carbons (Fsp3) is 0.345. The molecule has 13 heteroatoms. The predicted octanol–water partition coefficient (Wildman–Crippen LogP) is 8.83. The highest BCUT2D eigenvalue weighted by molar-refractivity contribution is 8.32. The molecule has 0 bridgehead atoms. The van der Waals surface area contributed by atoms with Crippen LogP contribution < -0.4 is 0 Å². The van der Waals surface area contributed by atoms with Gasteiger partial charge in [0.2, 0.25) is 0 Å². The van der Waals surface area contributed by atoms with E-state index >= 15 is 8.78 Å².